The molecule has 0 spiro atoms. The van der Waals surface area contributed by atoms with Gasteiger partial charge >= 0.3 is 0 Å². The Morgan fingerprint density at radius 3 is 3.12 bits per heavy atom. The zero-order valence-electron chi connectivity index (χ0n) is 9.49. The highest BCUT2D eigenvalue weighted by Gasteiger charge is 2.35. The normalized spacial score (nSPS) is 30.6. The number of nitrogens with one attached hydrogen (secondary N) is 1. The van der Waals surface area contributed by atoms with Crippen LogP contribution in [0, 0.1) is 0 Å². The van der Waals surface area contributed by atoms with Gasteiger partial charge in [-0.2, -0.15) is 5.10 Å². The van der Waals surface area contributed by atoms with Crippen LogP contribution in [0.15, 0.2) is 12.4 Å². The third-order valence-electron chi connectivity index (χ3n) is 3.60. The minimum absolute atomic E-state index is 0.151. The Morgan fingerprint density at radius 2 is 2.56 bits per heavy atom. The van der Waals surface area contributed by atoms with E-state index in [0.29, 0.717) is 11.1 Å². The number of aliphatic hydroxyl groups excluding tert-OH is 1. The van der Waals surface area contributed by atoms with Crippen LogP contribution in [0.2, 0.25) is 5.02 Å². The fourth-order valence-corrected chi connectivity index (χ4v) is 2.66. The first-order chi connectivity index (χ1) is 7.69. The van der Waals surface area contributed by atoms with E-state index >= 15 is 0 Å². The first-order valence-corrected chi connectivity index (χ1v) is 6.06. The van der Waals surface area contributed by atoms with Crippen LogP contribution >= 0.6 is 11.6 Å². The summed E-state index contributed by atoms with van der Waals surface area (Å²) in [5, 5.41) is 17.7. The number of halogens is 1. The van der Waals surface area contributed by atoms with Gasteiger partial charge in [-0.05, 0) is 32.7 Å². The molecule has 1 aromatic heterocycles. The van der Waals surface area contributed by atoms with Crippen LogP contribution in [0.5, 0.6) is 0 Å². The van der Waals surface area contributed by atoms with Crippen molar-refractivity contribution in [3.8, 4) is 0 Å². The molecule has 0 radical (unpaired) electrons. The molecule has 1 heterocycles. The molecule has 1 fully saturated rings. The molecule has 0 amide bonds. The summed E-state index contributed by atoms with van der Waals surface area (Å²) < 4.78 is 1.92. The molecular weight excluding hydrogens is 226 g/mol. The van der Waals surface area contributed by atoms with Crippen LogP contribution in [-0.2, 0) is 0 Å². The summed E-state index contributed by atoms with van der Waals surface area (Å²) in [7, 11) is 1.91. The van der Waals surface area contributed by atoms with E-state index in [9.17, 15) is 5.11 Å². The van der Waals surface area contributed by atoms with Crippen molar-refractivity contribution in [1.29, 1.82) is 0 Å². The summed E-state index contributed by atoms with van der Waals surface area (Å²) in [5.74, 6) is 0. The summed E-state index contributed by atoms with van der Waals surface area (Å²) in [6.07, 6.45) is 7.64. The second-order valence-electron chi connectivity index (χ2n) is 4.58. The SMILES string of the molecule is CNC1(CO)CCCC(n2cc(Cl)cn2)C1. The second-order valence-corrected chi connectivity index (χ2v) is 5.01. The van der Waals surface area contributed by atoms with Crippen molar-refractivity contribution in [2.24, 2.45) is 0 Å². The number of hydrogen-bond donors (Lipinski definition) is 2. The van der Waals surface area contributed by atoms with E-state index in [-0.39, 0.29) is 12.1 Å². The zero-order valence-corrected chi connectivity index (χ0v) is 10.2. The maximum Gasteiger partial charge on any atom is 0.0785 e. The van der Waals surface area contributed by atoms with Gasteiger partial charge in [0.25, 0.3) is 0 Å². The molecule has 0 aliphatic heterocycles. The van der Waals surface area contributed by atoms with Gasteiger partial charge in [0, 0.05) is 11.7 Å². The monoisotopic (exact) mass is 243 g/mol. The van der Waals surface area contributed by atoms with Crippen LogP contribution in [0.4, 0.5) is 0 Å². The number of aliphatic hydroxyl groups is 1. The van der Waals surface area contributed by atoms with Gasteiger partial charge in [-0.25, -0.2) is 0 Å². The number of likely N-dealkylation sites (N-methyl/N-ethyl adjacent to an activating group) is 1. The summed E-state index contributed by atoms with van der Waals surface area (Å²) in [6.45, 7) is 0.176. The van der Waals surface area contributed by atoms with E-state index in [0.717, 1.165) is 25.7 Å². The van der Waals surface area contributed by atoms with Crippen LogP contribution in [0.25, 0.3) is 0 Å². The molecule has 2 unspecified atom stereocenters. The first kappa shape index (κ1) is 11.9. The minimum atomic E-state index is -0.151. The lowest BCUT2D eigenvalue weighted by Crippen LogP contribution is -2.50. The fourth-order valence-electron chi connectivity index (χ4n) is 2.52. The summed E-state index contributed by atoms with van der Waals surface area (Å²) in [4.78, 5) is 0. The van der Waals surface area contributed by atoms with Crippen LogP contribution in [0.3, 0.4) is 0 Å². The standard InChI is InChI=1S/C11H18ClN3O/c1-13-11(8-16)4-2-3-10(5-11)15-7-9(12)6-14-15/h6-7,10,13,16H,2-5,8H2,1H3. The van der Waals surface area contributed by atoms with E-state index in [1.54, 1.807) is 6.20 Å². The van der Waals surface area contributed by atoms with E-state index < -0.39 is 0 Å². The Balaban J connectivity index is 2.12. The average molecular weight is 244 g/mol. The van der Waals surface area contributed by atoms with E-state index in [1.165, 1.54) is 0 Å². The van der Waals surface area contributed by atoms with Crippen molar-refractivity contribution in [3.63, 3.8) is 0 Å². The lowest BCUT2D eigenvalue weighted by Gasteiger charge is -2.39. The third kappa shape index (κ3) is 2.24. The molecule has 1 aliphatic rings. The molecule has 2 rings (SSSR count). The summed E-state index contributed by atoms with van der Waals surface area (Å²) in [6, 6.07) is 0.334. The quantitative estimate of drug-likeness (QED) is 0.848. The Hall–Kier alpha value is -0.580. The Kier molecular flexibility index (Phi) is 3.52. The van der Waals surface area contributed by atoms with Crippen molar-refractivity contribution in [3.05, 3.63) is 17.4 Å². The third-order valence-corrected chi connectivity index (χ3v) is 3.79. The summed E-state index contributed by atoms with van der Waals surface area (Å²) >= 11 is 5.87. The highest BCUT2D eigenvalue weighted by molar-refractivity contribution is 6.30. The molecule has 16 heavy (non-hydrogen) atoms. The Morgan fingerprint density at radius 1 is 1.75 bits per heavy atom. The maximum atomic E-state index is 9.49. The predicted molar refractivity (Wildman–Crippen MR) is 63.6 cm³/mol. The molecule has 0 aromatic carbocycles. The molecule has 2 atom stereocenters. The van der Waals surface area contributed by atoms with Gasteiger partial charge in [0.15, 0.2) is 0 Å². The minimum Gasteiger partial charge on any atom is -0.394 e. The van der Waals surface area contributed by atoms with Gasteiger partial charge in [0.1, 0.15) is 0 Å². The van der Waals surface area contributed by atoms with Crippen molar-refractivity contribution < 1.29 is 5.11 Å². The topological polar surface area (TPSA) is 50.1 Å². The zero-order chi connectivity index (χ0) is 11.6. The fraction of sp³-hybridized carbons (Fsp3) is 0.727. The van der Waals surface area contributed by atoms with Gasteiger partial charge in [-0.15, -0.1) is 0 Å². The highest BCUT2D eigenvalue weighted by Crippen LogP contribution is 2.35. The Bertz CT molecular complexity index is 349. The average Bonchev–Trinajstić information content (AvgIpc) is 2.76. The first-order valence-electron chi connectivity index (χ1n) is 5.68. The molecule has 0 bridgehead atoms. The molecule has 1 aliphatic carbocycles. The molecule has 1 aromatic rings. The molecule has 4 nitrogen and oxygen atoms in total. The number of nitrogens with zero attached hydrogens (tertiary/aromatic N) is 2. The van der Waals surface area contributed by atoms with Crippen molar-refractivity contribution >= 4 is 11.6 Å². The Labute approximate surface area is 101 Å². The number of aromatic nitrogens is 2. The van der Waals surface area contributed by atoms with Crippen LogP contribution in [-0.4, -0.2) is 34.1 Å². The van der Waals surface area contributed by atoms with Crippen molar-refractivity contribution in [1.82, 2.24) is 15.1 Å². The van der Waals surface area contributed by atoms with E-state index in [2.05, 4.69) is 10.4 Å². The number of rotatable bonds is 3. The van der Waals surface area contributed by atoms with Gasteiger partial charge < -0.3 is 10.4 Å². The van der Waals surface area contributed by atoms with Gasteiger partial charge in [0.05, 0.1) is 23.9 Å². The van der Waals surface area contributed by atoms with Gasteiger partial charge in [-0.3, -0.25) is 4.68 Å². The van der Waals surface area contributed by atoms with Crippen LogP contribution < -0.4 is 5.32 Å². The van der Waals surface area contributed by atoms with Crippen molar-refractivity contribution in [2.75, 3.05) is 13.7 Å². The molecule has 1 saturated carbocycles. The summed E-state index contributed by atoms with van der Waals surface area (Å²) in [5.41, 5.74) is -0.151. The van der Waals surface area contributed by atoms with E-state index in [4.69, 9.17) is 11.6 Å². The smallest absolute Gasteiger partial charge is 0.0785 e. The molecule has 2 N–H and O–H groups in total. The molecular formula is C11H18ClN3O. The lowest BCUT2D eigenvalue weighted by atomic mass is 9.79. The lowest BCUT2D eigenvalue weighted by molar-refractivity contribution is 0.101. The van der Waals surface area contributed by atoms with E-state index in [1.807, 2.05) is 17.9 Å². The largest absolute Gasteiger partial charge is 0.394 e. The maximum absolute atomic E-state index is 9.49. The van der Waals surface area contributed by atoms with Gasteiger partial charge in [0.2, 0.25) is 0 Å². The second kappa shape index (κ2) is 4.73. The molecule has 5 heteroatoms. The highest BCUT2D eigenvalue weighted by atomic mass is 35.5. The number of hydrogen-bond acceptors (Lipinski definition) is 3. The van der Waals surface area contributed by atoms with Crippen LogP contribution in [0.1, 0.15) is 31.7 Å². The molecule has 0 saturated heterocycles. The van der Waals surface area contributed by atoms with Gasteiger partial charge in [-0.1, -0.05) is 11.6 Å². The van der Waals surface area contributed by atoms with Crippen molar-refractivity contribution in [2.45, 2.75) is 37.3 Å². The predicted octanol–water partition coefficient (Wildman–Crippen LogP) is 1.60. The molecule has 90 valence electrons.